The fourth-order valence-electron chi connectivity index (χ4n) is 5.94. The molecule has 2 atom stereocenters. The highest BCUT2D eigenvalue weighted by Crippen LogP contribution is 2.46. The molecule has 1 aromatic heterocycles. The van der Waals surface area contributed by atoms with E-state index >= 15 is 0 Å². The maximum absolute atomic E-state index is 13.9. The smallest absolute Gasteiger partial charge is 0.301 e. The predicted molar refractivity (Wildman–Crippen MR) is 172 cm³/mol. The minimum absolute atomic E-state index is 0.00354. The number of Topliss-reactive ketones (excluding diaryl/α,β-unsaturated/α-hetero) is 1. The van der Waals surface area contributed by atoms with Crippen molar-refractivity contribution in [3.63, 3.8) is 0 Å². The van der Waals surface area contributed by atoms with Crippen LogP contribution in [-0.2, 0) is 16.0 Å². The van der Waals surface area contributed by atoms with Gasteiger partial charge in [-0.3, -0.25) is 14.5 Å². The highest BCUT2D eigenvalue weighted by atomic mass is 32.1. The minimum atomic E-state index is -0.940. The molecule has 2 unspecified atom stereocenters. The monoisotopic (exact) mass is 612 g/mol. The zero-order valence-corrected chi connectivity index (χ0v) is 26.4. The number of ketones is 1. The Balaban J connectivity index is 1.53. The highest BCUT2D eigenvalue weighted by Gasteiger charge is 2.48. The van der Waals surface area contributed by atoms with Crippen LogP contribution in [0, 0.1) is 13.8 Å². The zero-order chi connectivity index (χ0) is 31.1. The number of unbranched alkanes of at least 4 members (excludes halogenated alkanes) is 1. The molecule has 228 valence electrons. The third-order valence-electron chi connectivity index (χ3n) is 7.98. The van der Waals surface area contributed by atoms with Crippen LogP contribution in [0.15, 0.2) is 54.1 Å². The first-order valence-electron chi connectivity index (χ1n) is 15.1. The standard InChI is InChI=1S/C35H36N2O6S/c1-6-8-13-42-26-12-9-22(18-27(26)41-7-2)31-29(32(38)23-10-11-25-24(17-23)16-21(5)43-25)33(39)34(40)37(31)35-36-30-20(4)14-19(3)15-28(30)44-35/h9-12,14-15,17-18,21,31,38H,6-8,13,16H2,1-5H3/b32-29-. The summed E-state index contributed by atoms with van der Waals surface area (Å²) >= 11 is 1.35. The van der Waals surface area contributed by atoms with Gasteiger partial charge in [0.1, 0.15) is 17.6 Å². The fourth-order valence-corrected chi connectivity index (χ4v) is 7.11. The van der Waals surface area contributed by atoms with Gasteiger partial charge in [0.2, 0.25) is 0 Å². The van der Waals surface area contributed by atoms with Gasteiger partial charge in [-0.05, 0) is 92.8 Å². The number of nitrogens with zero attached hydrogens (tertiary/aromatic N) is 2. The second-order valence-electron chi connectivity index (χ2n) is 11.4. The van der Waals surface area contributed by atoms with Crippen molar-refractivity contribution < 1.29 is 28.9 Å². The Hall–Kier alpha value is -4.37. The summed E-state index contributed by atoms with van der Waals surface area (Å²) in [6.07, 6.45) is 2.60. The van der Waals surface area contributed by atoms with Crippen molar-refractivity contribution in [1.82, 2.24) is 4.98 Å². The number of fused-ring (bicyclic) bond motifs is 2. The molecule has 1 saturated heterocycles. The van der Waals surface area contributed by atoms with Gasteiger partial charge in [-0.15, -0.1) is 0 Å². The van der Waals surface area contributed by atoms with E-state index in [4.69, 9.17) is 19.2 Å². The van der Waals surface area contributed by atoms with E-state index in [0.29, 0.717) is 47.4 Å². The van der Waals surface area contributed by atoms with Crippen molar-refractivity contribution in [2.45, 2.75) is 66.0 Å². The van der Waals surface area contributed by atoms with E-state index in [0.717, 1.165) is 45.5 Å². The normalized spacial score (nSPS) is 19.0. The number of ether oxygens (including phenoxy) is 3. The Morgan fingerprint density at radius 2 is 1.89 bits per heavy atom. The molecule has 0 saturated carbocycles. The van der Waals surface area contributed by atoms with Crippen molar-refractivity contribution >= 4 is 44.1 Å². The lowest BCUT2D eigenvalue weighted by atomic mass is 9.94. The zero-order valence-electron chi connectivity index (χ0n) is 25.6. The maximum atomic E-state index is 13.9. The molecule has 3 heterocycles. The van der Waals surface area contributed by atoms with Crippen LogP contribution < -0.4 is 19.1 Å². The van der Waals surface area contributed by atoms with Crippen LogP contribution in [0.4, 0.5) is 5.13 Å². The van der Waals surface area contributed by atoms with Gasteiger partial charge in [-0.2, -0.15) is 0 Å². The van der Waals surface area contributed by atoms with Crippen LogP contribution in [0.1, 0.15) is 67.5 Å². The molecule has 4 aromatic rings. The van der Waals surface area contributed by atoms with Crippen LogP contribution in [0.5, 0.6) is 17.2 Å². The van der Waals surface area contributed by atoms with Gasteiger partial charge in [-0.25, -0.2) is 4.98 Å². The number of amides is 1. The molecule has 1 N–H and O–H groups in total. The lowest BCUT2D eigenvalue weighted by Crippen LogP contribution is -2.29. The molecule has 9 heteroatoms. The van der Waals surface area contributed by atoms with E-state index in [9.17, 15) is 14.7 Å². The summed E-state index contributed by atoms with van der Waals surface area (Å²) in [5, 5.41) is 12.1. The van der Waals surface area contributed by atoms with Gasteiger partial charge in [0.15, 0.2) is 16.6 Å². The molecule has 1 fully saturated rings. The van der Waals surface area contributed by atoms with Crippen LogP contribution in [0.3, 0.4) is 0 Å². The number of aryl methyl sites for hydroxylation is 2. The Kier molecular flexibility index (Phi) is 8.07. The second kappa shape index (κ2) is 12.0. The van der Waals surface area contributed by atoms with Crippen LogP contribution >= 0.6 is 11.3 Å². The van der Waals surface area contributed by atoms with Crippen molar-refractivity contribution in [3.05, 3.63) is 81.9 Å². The van der Waals surface area contributed by atoms with E-state index in [1.807, 2.05) is 52.0 Å². The summed E-state index contributed by atoms with van der Waals surface area (Å²) in [5.41, 5.74) is 4.83. The first-order valence-corrected chi connectivity index (χ1v) is 15.9. The van der Waals surface area contributed by atoms with Gasteiger partial charge in [-0.1, -0.05) is 36.8 Å². The molecule has 44 heavy (non-hydrogen) atoms. The summed E-state index contributed by atoms with van der Waals surface area (Å²) < 4.78 is 18.7. The van der Waals surface area contributed by atoms with Crippen molar-refractivity contribution in [1.29, 1.82) is 0 Å². The summed E-state index contributed by atoms with van der Waals surface area (Å²) in [7, 11) is 0. The molecule has 0 spiro atoms. The largest absolute Gasteiger partial charge is 0.507 e. The third kappa shape index (κ3) is 5.30. The maximum Gasteiger partial charge on any atom is 0.301 e. The molecule has 3 aromatic carbocycles. The Bertz CT molecular complexity index is 1810. The van der Waals surface area contributed by atoms with Crippen LogP contribution in [0.2, 0.25) is 0 Å². The number of aliphatic hydroxyl groups excluding tert-OH is 1. The van der Waals surface area contributed by atoms with Crippen LogP contribution in [-0.4, -0.2) is 41.1 Å². The fraction of sp³-hybridized carbons (Fsp3) is 0.343. The summed E-state index contributed by atoms with van der Waals surface area (Å²) in [5.74, 6) is 0.0834. The highest BCUT2D eigenvalue weighted by molar-refractivity contribution is 7.22. The topological polar surface area (TPSA) is 98.2 Å². The molecule has 8 nitrogen and oxygen atoms in total. The van der Waals surface area contributed by atoms with Crippen molar-refractivity contribution in [2.75, 3.05) is 18.1 Å². The molecule has 2 aliphatic heterocycles. The minimum Gasteiger partial charge on any atom is -0.507 e. The Morgan fingerprint density at radius 1 is 1.07 bits per heavy atom. The van der Waals surface area contributed by atoms with Gasteiger partial charge in [0.25, 0.3) is 5.78 Å². The van der Waals surface area contributed by atoms with Gasteiger partial charge in [0, 0.05) is 12.0 Å². The predicted octanol–water partition coefficient (Wildman–Crippen LogP) is 7.44. The molecular weight excluding hydrogens is 576 g/mol. The van der Waals surface area contributed by atoms with Gasteiger partial charge in [0.05, 0.1) is 35.0 Å². The number of carbonyl (C=O) groups excluding carboxylic acids is 2. The van der Waals surface area contributed by atoms with E-state index < -0.39 is 17.7 Å². The van der Waals surface area contributed by atoms with Gasteiger partial charge < -0.3 is 19.3 Å². The van der Waals surface area contributed by atoms with Crippen LogP contribution in [0.25, 0.3) is 16.0 Å². The lowest BCUT2D eigenvalue weighted by molar-refractivity contribution is -0.132. The Labute approximate surface area is 260 Å². The number of hydrogen-bond acceptors (Lipinski definition) is 8. The molecule has 0 aliphatic carbocycles. The first-order chi connectivity index (χ1) is 21.2. The van der Waals surface area contributed by atoms with E-state index in [-0.39, 0.29) is 17.4 Å². The SMILES string of the molecule is CCCCOc1ccc(C2/C(=C(/O)c3ccc4c(c3)CC(C)O4)C(=O)C(=O)N2c2nc3c(C)cc(C)cc3s2)cc1OCC. The number of aromatic nitrogens is 1. The summed E-state index contributed by atoms with van der Waals surface area (Å²) in [6, 6.07) is 13.9. The van der Waals surface area contributed by atoms with Crippen molar-refractivity contribution in [2.24, 2.45) is 0 Å². The number of thiazole rings is 1. The third-order valence-corrected chi connectivity index (χ3v) is 8.98. The number of aliphatic hydroxyl groups is 1. The van der Waals surface area contributed by atoms with E-state index in [2.05, 4.69) is 6.92 Å². The number of benzene rings is 3. The molecule has 0 radical (unpaired) electrons. The average molecular weight is 613 g/mol. The Morgan fingerprint density at radius 3 is 2.66 bits per heavy atom. The second-order valence-corrected chi connectivity index (χ2v) is 12.4. The first kappa shape index (κ1) is 29.7. The number of hydrogen-bond donors (Lipinski definition) is 1. The lowest BCUT2D eigenvalue weighted by Gasteiger charge is -2.24. The van der Waals surface area contributed by atoms with Crippen molar-refractivity contribution in [3.8, 4) is 17.2 Å². The molecule has 2 aliphatic rings. The quantitative estimate of drug-likeness (QED) is 0.0908. The van der Waals surface area contributed by atoms with Gasteiger partial charge >= 0.3 is 5.91 Å². The molecule has 1 amide bonds. The van der Waals surface area contributed by atoms with E-state index in [1.54, 1.807) is 24.3 Å². The number of rotatable bonds is 9. The molecule has 0 bridgehead atoms. The molecule has 6 rings (SSSR count). The summed E-state index contributed by atoms with van der Waals surface area (Å²) in [4.78, 5) is 34.0. The number of carbonyl (C=O) groups is 2. The number of anilines is 1. The summed E-state index contributed by atoms with van der Waals surface area (Å²) in [6.45, 7) is 10.9. The average Bonchev–Trinajstić information content (AvgIpc) is 3.66. The van der Waals surface area contributed by atoms with E-state index in [1.165, 1.54) is 16.2 Å². The molecular formula is C35H36N2O6S.